The van der Waals surface area contributed by atoms with Crippen molar-refractivity contribution in [1.82, 2.24) is 25.1 Å². The van der Waals surface area contributed by atoms with E-state index in [0.29, 0.717) is 17.1 Å². The zero-order chi connectivity index (χ0) is 20.1. The van der Waals surface area contributed by atoms with Gasteiger partial charge in [-0.15, -0.1) is 10.2 Å². The second-order valence-corrected chi connectivity index (χ2v) is 8.82. The smallest absolute Gasteiger partial charge is 0.233 e. The summed E-state index contributed by atoms with van der Waals surface area (Å²) in [5.41, 5.74) is 2.37. The third kappa shape index (κ3) is 3.46. The first-order chi connectivity index (χ1) is 13.9. The predicted molar refractivity (Wildman–Crippen MR) is 109 cm³/mol. The molecule has 0 spiro atoms. The molecule has 0 saturated carbocycles. The van der Waals surface area contributed by atoms with Crippen LogP contribution in [0.3, 0.4) is 0 Å². The number of rotatable bonds is 4. The Kier molecular flexibility index (Phi) is 4.10. The van der Waals surface area contributed by atoms with E-state index >= 15 is 0 Å². The standard InChI is InChI=1S/C22H25N5O2/c1-21-7-8-22(2,26-21)13-16(12-21)29-20-6-5-18(24-25-20)17-4-3-15(11-19(17)28)27-10-9-23-14-27/h3-6,9-11,14,16,26,28H,7-8,12-13H2,1-2H3/t16-,21-,22+. The molecule has 2 bridgehead atoms. The van der Waals surface area contributed by atoms with Crippen LogP contribution in [0.2, 0.25) is 0 Å². The summed E-state index contributed by atoms with van der Waals surface area (Å²) in [6.45, 7) is 4.55. The van der Waals surface area contributed by atoms with Gasteiger partial charge >= 0.3 is 0 Å². The van der Waals surface area contributed by atoms with Crippen LogP contribution in [0.5, 0.6) is 11.6 Å². The molecule has 150 valence electrons. The van der Waals surface area contributed by atoms with Gasteiger partial charge < -0.3 is 19.7 Å². The molecular weight excluding hydrogens is 366 g/mol. The number of hydrogen-bond donors (Lipinski definition) is 2. The Morgan fingerprint density at radius 2 is 1.90 bits per heavy atom. The van der Waals surface area contributed by atoms with Crippen molar-refractivity contribution in [3.63, 3.8) is 0 Å². The highest BCUT2D eigenvalue weighted by molar-refractivity contribution is 5.68. The quantitative estimate of drug-likeness (QED) is 0.708. The van der Waals surface area contributed by atoms with Crippen LogP contribution < -0.4 is 10.1 Å². The predicted octanol–water partition coefficient (Wildman–Crippen LogP) is 3.48. The van der Waals surface area contributed by atoms with Crippen molar-refractivity contribution in [2.45, 2.75) is 56.7 Å². The number of benzene rings is 1. The fourth-order valence-corrected chi connectivity index (χ4v) is 4.88. The Balaban J connectivity index is 1.32. The molecule has 0 aliphatic carbocycles. The molecule has 0 radical (unpaired) electrons. The Hall–Kier alpha value is -2.93. The van der Waals surface area contributed by atoms with Crippen molar-refractivity contribution in [3.8, 4) is 28.6 Å². The molecule has 7 nitrogen and oxygen atoms in total. The minimum atomic E-state index is 0.136. The molecule has 2 aliphatic rings. The van der Waals surface area contributed by atoms with Crippen LogP contribution in [0, 0.1) is 0 Å². The van der Waals surface area contributed by atoms with Crippen LogP contribution in [0.15, 0.2) is 49.1 Å². The second kappa shape index (κ2) is 6.56. The number of hydrogen-bond acceptors (Lipinski definition) is 6. The summed E-state index contributed by atoms with van der Waals surface area (Å²) in [6, 6.07) is 9.11. The number of nitrogens with one attached hydrogen (secondary N) is 1. The molecule has 7 heteroatoms. The van der Waals surface area contributed by atoms with Crippen LogP contribution in [0.25, 0.3) is 16.9 Å². The van der Waals surface area contributed by atoms with Crippen molar-refractivity contribution in [3.05, 3.63) is 49.1 Å². The summed E-state index contributed by atoms with van der Waals surface area (Å²) in [5.74, 6) is 0.678. The normalized spacial score (nSPS) is 28.4. The number of aromatic hydroxyl groups is 1. The monoisotopic (exact) mass is 391 g/mol. The summed E-state index contributed by atoms with van der Waals surface area (Å²) in [6.07, 6.45) is 9.67. The van der Waals surface area contributed by atoms with Crippen LogP contribution in [0.4, 0.5) is 0 Å². The molecule has 1 aromatic carbocycles. The summed E-state index contributed by atoms with van der Waals surface area (Å²) in [7, 11) is 0. The van der Waals surface area contributed by atoms with E-state index in [-0.39, 0.29) is 22.9 Å². The SMILES string of the molecule is C[C@]12CC[C@](C)(C[C@@H](Oc3ccc(-c4ccc(-n5ccnc5)cc4O)nn3)C1)N2. The molecule has 2 saturated heterocycles. The van der Waals surface area contributed by atoms with E-state index in [1.54, 1.807) is 18.6 Å². The average molecular weight is 391 g/mol. The lowest BCUT2D eigenvalue weighted by molar-refractivity contribution is 0.0754. The Labute approximate surface area is 169 Å². The van der Waals surface area contributed by atoms with Gasteiger partial charge in [0.1, 0.15) is 11.9 Å². The number of piperidine rings is 1. The molecular formula is C22H25N5O2. The van der Waals surface area contributed by atoms with Crippen LogP contribution in [-0.2, 0) is 0 Å². The van der Waals surface area contributed by atoms with Gasteiger partial charge in [-0.3, -0.25) is 0 Å². The molecule has 0 amide bonds. The van der Waals surface area contributed by atoms with E-state index in [0.717, 1.165) is 18.5 Å². The molecule has 2 aromatic heterocycles. The molecule has 5 rings (SSSR count). The molecule has 2 fully saturated rings. The van der Waals surface area contributed by atoms with Crippen molar-refractivity contribution in [2.75, 3.05) is 0 Å². The third-order valence-electron chi connectivity index (χ3n) is 6.18. The first-order valence-electron chi connectivity index (χ1n) is 10.0. The van der Waals surface area contributed by atoms with E-state index in [1.165, 1.54) is 12.8 Å². The fourth-order valence-electron chi connectivity index (χ4n) is 4.88. The first kappa shape index (κ1) is 18.1. The molecule has 4 heterocycles. The van der Waals surface area contributed by atoms with E-state index in [9.17, 15) is 5.11 Å². The van der Waals surface area contributed by atoms with Gasteiger partial charge in [-0.05, 0) is 44.9 Å². The summed E-state index contributed by atoms with van der Waals surface area (Å²) in [5, 5.41) is 22.8. The van der Waals surface area contributed by atoms with Gasteiger partial charge in [-0.2, -0.15) is 0 Å². The van der Waals surface area contributed by atoms with Crippen molar-refractivity contribution in [1.29, 1.82) is 0 Å². The largest absolute Gasteiger partial charge is 0.507 e. The van der Waals surface area contributed by atoms with Crippen LogP contribution >= 0.6 is 0 Å². The highest BCUT2D eigenvalue weighted by atomic mass is 16.5. The van der Waals surface area contributed by atoms with Crippen molar-refractivity contribution in [2.24, 2.45) is 0 Å². The Morgan fingerprint density at radius 3 is 2.52 bits per heavy atom. The zero-order valence-corrected chi connectivity index (χ0v) is 16.7. The Morgan fingerprint density at radius 1 is 1.10 bits per heavy atom. The van der Waals surface area contributed by atoms with Gasteiger partial charge in [-0.1, -0.05) is 0 Å². The maximum absolute atomic E-state index is 10.5. The number of phenols is 1. The molecule has 2 N–H and O–H groups in total. The van der Waals surface area contributed by atoms with E-state index in [1.807, 2.05) is 35.0 Å². The molecule has 0 unspecified atom stereocenters. The fraction of sp³-hybridized carbons (Fsp3) is 0.409. The summed E-state index contributed by atoms with van der Waals surface area (Å²) < 4.78 is 8.00. The van der Waals surface area contributed by atoms with Gasteiger partial charge in [0.2, 0.25) is 5.88 Å². The van der Waals surface area contributed by atoms with Gasteiger partial charge in [0.05, 0.1) is 17.7 Å². The van der Waals surface area contributed by atoms with Gasteiger partial charge in [0.15, 0.2) is 0 Å². The number of phenolic OH excluding ortho intramolecular Hbond substituents is 1. The van der Waals surface area contributed by atoms with Gasteiger partial charge in [0, 0.05) is 54.0 Å². The number of fused-ring (bicyclic) bond motifs is 2. The van der Waals surface area contributed by atoms with Crippen molar-refractivity contribution < 1.29 is 9.84 Å². The number of ether oxygens (including phenoxy) is 1. The lowest BCUT2D eigenvalue weighted by Gasteiger charge is -2.41. The average Bonchev–Trinajstić information content (AvgIpc) is 3.28. The zero-order valence-electron chi connectivity index (χ0n) is 16.7. The summed E-state index contributed by atoms with van der Waals surface area (Å²) in [4.78, 5) is 4.03. The van der Waals surface area contributed by atoms with E-state index < -0.39 is 0 Å². The van der Waals surface area contributed by atoms with Crippen LogP contribution in [-0.4, -0.2) is 42.0 Å². The van der Waals surface area contributed by atoms with Gasteiger partial charge in [-0.25, -0.2) is 4.98 Å². The second-order valence-electron chi connectivity index (χ2n) is 8.82. The lowest BCUT2D eigenvalue weighted by atomic mass is 9.86. The highest BCUT2D eigenvalue weighted by Gasteiger charge is 2.49. The number of nitrogens with zero attached hydrogens (tertiary/aromatic N) is 4. The van der Waals surface area contributed by atoms with Gasteiger partial charge in [0.25, 0.3) is 0 Å². The minimum Gasteiger partial charge on any atom is -0.507 e. The topological polar surface area (TPSA) is 85.1 Å². The van der Waals surface area contributed by atoms with E-state index in [2.05, 4.69) is 34.3 Å². The lowest BCUT2D eigenvalue weighted by Crippen LogP contribution is -2.56. The van der Waals surface area contributed by atoms with Crippen molar-refractivity contribution >= 4 is 0 Å². The Bertz CT molecular complexity index is 1000. The minimum absolute atomic E-state index is 0.136. The number of imidazole rings is 1. The molecule has 3 atom stereocenters. The molecule has 29 heavy (non-hydrogen) atoms. The number of aromatic nitrogens is 4. The summed E-state index contributed by atoms with van der Waals surface area (Å²) >= 11 is 0. The highest BCUT2D eigenvalue weighted by Crippen LogP contribution is 2.43. The third-order valence-corrected chi connectivity index (χ3v) is 6.18. The molecule has 2 aliphatic heterocycles. The maximum atomic E-state index is 10.5. The molecule has 3 aromatic rings. The van der Waals surface area contributed by atoms with E-state index in [4.69, 9.17) is 4.74 Å². The maximum Gasteiger partial charge on any atom is 0.233 e. The first-order valence-corrected chi connectivity index (χ1v) is 10.0. The van der Waals surface area contributed by atoms with Crippen LogP contribution in [0.1, 0.15) is 39.5 Å².